The van der Waals surface area contributed by atoms with Crippen LogP contribution in [0.5, 0.6) is 0 Å². The molecule has 11 heteroatoms. The summed E-state index contributed by atoms with van der Waals surface area (Å²) in [4.78, 5) is 6.63. The molecule has 2 rings (SSSR count). The Kier molecular flexibility index (Phi) is 9.78. The van der Waals surface area contributed by atoms with Gasteiger partial charge in [-0.2, -0.15) is 11.8 Å². The number of ether oxygens (including phenoxy) is 1. The molecule has 2 aliphatic rings. The Hall–Kier alpha value is -0.590. The van der Waals surface area contributed by atoms with E-state index in [1.54, 1.807) is 23.0 Å². The van der Waals surface area contributed by atoms with E-state index in [1.807, 2.05) is 6.92 Å². The number of morpholine rings is 1. The second kappa shape index (κ2) is 11.6. The third-order valence-corrected chi connectivity index (χ3v) is 7.42. The molecule has 0 aromatic heterocycles. The number of rotatable bonds is 9. The summed E-state index contributed by atoms with van der Waals surface area (Å²) in [5.74, 6) is 2.27. The molecule has 0 aliphatic carbocycles. The number of thioether (sulfide) groups is 1. The zero-order valence-corrected chi connectivity index (χ0v) is 18.7. The molecular formula is C17H35N5O4S2. The first-order valence-corrected chi connectivity index (χ1v) is 12.7. The van der Waals surface area contributed by atoms with Gasteiger partial charge in [0.2, 0.25) is 10.0 Å². The minimum Gasteiger partial charge on any atom is -0.387 e. The summed E-state index contributed by atoms with van der Waals surface area (Å²) in [5, 5.41) is 16.8. The van der Waals surface area contributed by atoms with E-state index in [4.69, 9.17) is 4.74 Å². The lowest BCUT2D eigenvalue weighted by Gasteiger charge is -2.33. The first kappa shape index (κ1) is 23.7. The molecule has 2 fully saturated rings. The number of hydrogen-bond donors (Lipinski definition) is 3. The average molecular weight is 438 g/mol. The molecule has 1 unspecified atom stereocenters. The maximum atomic E-state index is 12.4. The summed E-state index contributed by atoms with van der Waals surface area (Å²) >= 11 is 1.79. The molecule has 0 amide bonds. The Morgan fingerprint density at radius 3 is 2.54 bits per heavy atom. The molecular weight excluding hydrogens is 402 g/mol. The van der Waals surface area contributed by atoms with Crippen LogP contribution in [-0.4, -0.2) is 117 Å². The van der Waals surface area contributed by atoms with Gasteiger partial charge in [0.1, 0.15) is 0 Å². The van der Waals surface area contributed by atoms with E-state index in [1.165, 1.54) is 0 Å². The monoisotopic (exact) mass is 437 g/mol. The van der Waals surface area contributed by atoms with Gasteiger partial charge < -0.3 is 20.5 Å². The van der Waals surface area contributed by atoms with Crippen molar-refractivity contribution in [2.75, 3.05) is 82.8 Å². The van der Waals surface area contributed by atoms with Gasteiger partial charge >= 0.3 is 0 Å². The summed E-state index contributed by atoms with van der Waals surface area (Å²) in [6.07, 6.45) is 0. The SMILES string of the molecule is CCNC(=NCC(C)(O)CN1CCOCC1)NCCS(=O)(=O)N1CCSCC1. The van der Waals surface area contributed by atoms with Gasteiger partial charge in [-0.3, -0.25) is 9.89 Å². The summed E-state index contributed by atoms with van der Waals surface area (Å²) in [6, 6.07) is 0. The average Bonchev–Trinajstić information content (AvgIpc) is 2.67. The first-order chi connectivity index (χ1) is 13.3. The van der Waals surface area contributed by atoms with E-state index < -0.39 is 15.6 Å². The van der Waals surface area contributed by atoms with Crippen LogP contribution in [0.1, 0.15) is 13.8 Å². The molecule has 9 nitrogen and oxygen atoms in total. The summed E-state index contributed by atoms with van der Waals surface area (Å²) in [7, 11) is -3.25. The van der Waals surface area contributed by atoms with Gasteiger partial charge in [0.15, 0.2) is 5.96 Å². The van der Waals surface area contributed by atoms with Gasteiger partial charge in [0.25, 0.3) is 0 Å². The normalized spacial score (nSPS) is 22.6. The Morgan fingerprint density at radius 2 is 1.89 bits per heavy atom. The smallest absolute Gasteiger partial charge is 0.215 e. The standard InChI is InChI=1S/C17H35N5O4S2/c1-3-18-16(19-4-13-28(24,25)22-7-11-27-12-8-22)20-14-17(2,23)15-21-5-9-26-10-6-21/h23H,3-15H2,1-2H3,(H2,18,19,20). The number of sulfonamides is 1. The van der Waals surface area contributed by atoms with Crippen LogP contribution in [0.4, 0.5) is 0 Å². The van der Waals surface area contributed by atoms with Gasteiger partial charge in [-0.1, -0.05) is 0 Å². The van der Waals surface area contributed by atoms with Gasteiger partial charge in [0, 0.05) is 57.3 Å². The number of aliphatic imine (C=N–C) groups is 1. The zero-order valence-electron chi connectivity index (χ0n) is 17.0. The molecule has 164 valence electrons. The van der Waals surface area contributed by atoms with Crippen LogP contribution in [-0.2, 0) is 14.8 Å². The van der Waals surface area contributed by atoms with Crippen LogP contribution in [0.3, 0.4) is 0 Å². The molecule has 0 bridgehead atoms. The van der Waals surface area contributed by atoms with Crippen molar-refractivity contribution in [3.8, 4) is 0 Å². The second-order valence-electron chi connectivity index (χ2n) is 7.33. The lowest BCUT2D eigenvalue weighted by Crippen LogP contribution is -2.48. The van der Waals surface area contributed by atoms with Crippen LogP contribution < -0.4 is 10.6 Å². The fraction of sp³-hybridized carbons (Fsp3) is 0.941. The van der Waals surface area contributed by atoms with Crippen molar-refractivity contribution in [1.82, 2.24) is 19.8 Å². The molecule has 0 spiro atoms. The fourth-order valence-electron chi connectivity index (χ4n) is 3.13. The van der Waals surface area contributed by atoms with Crippen molar-refractivity contribution in [1.29, 1.82) is 0 Å². The van der Waals surface area contributed by atoms with Gasteiger partial charge in [-0.25, -0.2) is 12.7 Å². The molecule has 0 saturated carbocycles. The lowest BCUT2D eigenvalue weighted by atomic mass is 10.1. The van der Waals surface area contributed by atoms with Crippen molar-refractivity contribution in [2.24, 2.45) is 4.99 Å². The van der Waals surface area contributed by atoms with Gasteiger partial charge in [0.05, 0.1) is 31.1 Å². The fourth-order valence-corrected chi connectivity index (χ4v) is 5.63. The van der Waals surface area contributed by atoms with Crippen molar-refractivity contribution in [2.45, 2.75) is 19.4 Å². The van der Waals surface area contributed by atoms with Crippen LogP contribution in [0.2, 0.25) is 0 Å². The minimum absolute atomic E-state index is 0.0340. The van der Waals surface area contributed by atoms with Crippen LogP contribution in [0.15, 0.2) is 4.99 Å². The summed E-state index contributed by atoms with van der Waals surface area (Å²) in [5.41, 5.74) is -0.961. The highest BCUT2D eigenvalue weighted by Gasteiger charge is 2.26. The molecule has 2 heterocycles. The van der Waals surface area contributed by atoms with E-state index in [9.17, 15) is 13.5 Å². The Bertz CT molecular complexity index is 588. The molecule has 2 aliphatic heterocycles. The van der Waals surface area contributed by atoms with Crippen LogP contribution in [0, 0.1) is 0 Å². The molecule has 0 aromatic carbocycles. The Labute approximate surface area is 173 Å². The van der Waals surface area contributed by atoms with Crippen molar-refractivity contribution in [3.05, 3.63) is 0 Å². The third-order valence-electron chi connectivity index (χ3n) is 4.61. The highest BCUT2D eigenvalue weighted by atomic mass is 32.2. The lowest BCUT2D eigenvalue weighted by molar-refractivity contribution is -0.0179. The molecule has 0 aromatic rings. The maximum Gasteiger partial charge on any atom is 0.215 e. The maximum absolute atomic E-state index is 12.4. The van der Waals surface area contributed by atoms with Crippen LogP contribution in [0.25, 0.3) is 0 Å². The number of hydrogen-bond acceptors (Lipinski definition) is 7. The Morgan fingerprint density at radius 1 is 1.21 bits per heavy atom. The third kappa shape index (κ3) is 8.42. The molecule has 0 radical (unpaired) electrons. The topological polar surface area (TPSA) is 106 Å². The zero-order chi connectivity index (χ0) is 20.5. The van der Waals surface area contributed by atoms with Crippen molar-refractivity contribution < 1.29 is 18.3 Å². The second-order valence-corrected chi connectivity index (χ2v) is 10.6. The van der Waals surface area contributed by atoms with Crippen molar-refractivity contribution >= 4 is 27.7 Å². The Balaban J connectivity index is 1.81. The molecule has 28 heavy (non-hydrogen) atoms. The van der Waals surface area contributed by atoms with Gasteiger partial charge in [-0.15, -0.1) is 0 Å². The van der Waals surface area contributed by atoms with Gasteiger partial charge in [-0.05, 0) is 13.8 Å². The number of aliphatic hydroxyl groups is 1. The number of nitrogens with one attached hydrogen (secondary N) is 2. The van der Waals surface area contributed by atoms with E-state index in [0.29, 0.717) is 45.4 Å². The number of guanidine groups is 1. The van der Waals surface area contributed by atoms with E-state index in [-0.39, 0.29) is 18.8 Å². The largest absolute Gasteiger partial charge is 0.387 e. The highest BCUT2D eigenvalue weighted by molar-refractivity contribution is 7.99. The number of β-amino-alcohol motifs (C(OH)–C–C–N with tert-alkyl or cyclic N) is 1. The molecule has 2 saturated heterocycles. The molecule has 3 N–H and O–H groups in total. The van der Waals surface area contributed by atoms with E-state index in [2.05, 4.69) is 20.5 Å². The molecule has 1 atom stereocenters. The highest BCUT2D eigenvalue weighted by Crippen LogP contribution is 2.13. The number of nitrogens with zero attached hydrogens (tertiary/aromatic N) is 3. The van der Waals surface area contributed by atoms with E-state index in [0.717, 1.165) is 24.6 Å². The predicted molar refractivity (Wildman–Crippen MR) is 115 cm³/mol. The summed E-state index contributed by atoms with van der Waals surface area (Å²) < 4.78 is 31.8. The van der Waals surface area contributed by atoms with E-state index >= 15 is 0 Å². The van der Waals surface area contributed by atoms with Crippen molar-refractivity contribution in [3.63, 3.8) is 0 Å². The predicted octanol–water partition coefficient (Wildman–Crippen LogP) is -0.997. The summed E-state index contributed by atoms with van der Waals surface area (Å²) in [6.45, 7) is 9.60. The first-order valence-electron chi connectivity index (χ1n) is 9.93. The minimum atomic E-state index is -3.25. The van der Waals surface area contributed by atoms with Crippen LogP contribution >= 0.6 is 11.8 Å². The quantitative estimate of drug-likeness (QED) is 0.312.